The van der Waals surface area contributed by atoms with Crippen molar-refractivity contribution in [1.29, 1.82) is 0 Å². The van der Waals surface area contributed by atoms with Crippen LogP contribution in [0.1, 0.15) is 72.9 Å². The summed E-state index contributed by atoms with van der Waals surface area (Å²) in [6, 6.07) is 32.3. The van der Waals surface area contributed by atoms with Crippen molar-refractivity contribution in [3.8, 4) is 47.4 Å². The highest BCUT2D eigenvalue weighted by atomic mass is 14.9. The average Bonchev–Trinajstić information content (AvgIpc) is 3.03. The van der Waals surface area contributed by atoms with Gasteiger partial charge in [0.25, 0.3) is 0 Å². The molecule has 0 aliphatic heterocycles. The molecule has 2 N–H and O–H groups in total. The summed E-state index contributed by atoms with van der Waals surface area (Å²) in [5.41, 5.74) is 7.67. The molecule has 2 heteroatoms. The first-order valence-electron chi connectivity index (χ1n) is 14.7. The Morgan fingerprint density at radius 1 is 0.429 bits per heavy atom. The van der Waals surface area contributed by atoms with Crippen LogP contribution in [0.25, 0.3) is 0 Å². The number of anilines is 2. The molecule has 0 aromatic heterocycles. The van der Waals surface area contributed by atoms with Gasteiger partial charge in [-0.1, -0.05) is 86.5 Å². The van der Waals surface area contributed by atoms with Crippen molar-refractivity contribution >= 4 is 11.4 Å². The Balaban J connectivity index is 1.44. The van der Waals surface area contributed by atoms with Gasteiger partial charge in [0, 0.05) is 57.8 Å². The summed E-state index contributed by atoms with van der Waals surface area (Å²) < 4.78 is 0. The Hall–Kier alpha value is -5.28. The summed E-state index contributed by atoms with van der Waals surface area (Å²) in [7, 11) is 0. The fourth-order valence-corrected chi connectivity index (χ4v) is 4.04. The second-order valence-corrected chi connectivity index (χ2v) is 9.81. The quantitative estimate of drug-likeness (QED) is 0.172. The van der Waals surface area contributed by atoms with E-state index in [0.29, 0.717) is 0 Å². The van der Waals surface area contributed by atoms with Crippen LogP contribution in [0.3, 0.4) is 0 Å². The van der Waals surface area contributed by atoms with E-state index in [0.717, 1.165) is 70.7 Å². The second kappa shape index (κ2) is 16.7. The van der Waals surface area contributed by atoms with Gasteiger partial charge in [-0.15, -0.1) is 0 Å². The molecule has 0 radical (unpaired) electrons. The summed E-state index contributed by atoms with van der Waals surface area (Å²) in [4.78, 5) is 0. The van der Waals surface area contributed by atoms with Gasteiger partial charge in [0.15, 0.2) is 0 Å². The van der Waals surface area contributed by atoms with Crippen LogP contribution in [0, 0.1) is 47.4 Å². The third kappa shape index (κ3) is 9.72. The van der Waals surface area contributed by atoms with Gasteiger partial charge in [-0.2, -0.15) is 0 Å². The maximum Gasteiger partial charge on any atom is 0.0412 e. The van der Waals surface area contributed by atoms with Crippen molar-refractivity contribution in [3.05, 3.63) is 130 Å². The van der Waals surface area contributed by atoms with Crippen LogP contribution < -0.4 is 10.6 Å². The highest BCUT2D eigenvalue weighted by Gasteiger charge is 1.97. The third-order valence-electron chi connectivity index (χ3n) is 6.48. The van der Waals surface area contributed by atoms with Crippen molar-refractivity contribution < 1.29 is 0 Å². The van der Waals surface area contributed by atoms with Crippen LogP contribution in [0.4, 0.5) is 11.4 Å². The lowest BCUT2D eigenvalue weighted by atomic mass is 10.1. The Morgan fingerprint density at radius 2 is 0.786 bits per heavy atom. The molecule has 0 aliphatic rings. The molecule has 0 fully saturated rings. The summed E-state index contributed by atoms with van der Waals surface area (Å²) in [6.45, 7) is 6.36. The molecule has 0 atom stereocenters. The number of rotatable bonds is 8. The maximum atomic E-state index is 3.43. The van der Waals surface area contributed by atoms with Gasteiger partial charge in [0.2, 0.25) is 0 Å². The molecule has 4 rings (SSSR count). The van der Waals surface area contributed by atoms with Gasteiger partial charge in [-0.25, -0.2) is 0 Å². The topological polar surface area (TPSA) is 24.1 Å². The van der Waals surface area contributed by atoms with Crippen LogP contribution >= 0.6 is 0 Å². The number of unbranched alkanes of at least 4 members (excludes halogenated alkanes) is 2. The van der Waals surface area contributed by atoms with E-state index in [9.17, 15) is 0 Å². The number of nitrogens with one attached hydrogen (secondary N) is 2. The molecule has 0 saturated heterocycles. The average molecular weight is 545 g/mol. The molecule has 0 bridgehead atoms. The van der Waals surface area contributed by atoms with Gasteiger partial charge < -0.3 is 10.6 Å². The van der Waals surface area contributed by atoms with Crippen LogP contribution in [0.5, 0.6) is 0 Å². The van der Waals surface area contributed by atoms with E-state index < -0.39 is 0 Å². The molecule has 0 unspecified atom stereocenters. The summed E-state index contributed by atoms with van der Waals surface area (Å²) in [6.07, 6.45) is 4.69. The fourth-order valence-electron chi connectivity index (χ4n) is 4.04. The predicted octanol–water partition coefficient (Wildman–Crippen LogP) is 8.31. The second-order valence-electron chi connectivity index (χ2n) is 9.81. The zero-order valence-electron chi connectivity index (χ0n) is 24.5. The molecule has 4 aromatic carbocycles. The molecule has 0 heterocycles. The Kier molecular flexibility index (Phi) is 11.8. The van der Waals surface area contributed by atoms with Gasteiger partial charge in [-0.05, 0) is 97.5 Å². The molecule has 0 aliphatic carbocycles. The van der Waals surface area contributed by atoms with E-state index in [1.807, 2.05) is 72.8 Å². The van der Waals surface area contributed by atoms with E-state index in [2.05, 4.69) is 96.1 Å². The number of hydrogen-bond donors (Lipinski definition) is 2. The first-order valence-corrected chi connectivity index (χ1v) is 14.7. The van der Waals surface area contributed by atoms with E-state index >= 15 is 0 Å². The van der Waals surface area contributed by atoms with Crippen molar-refractivity contribution in [2.24, 2.45) is 0 Å². The third-order valence-corrected chi connectivity index (χ3v) is 6.48. The van der Waals surface area contributed by atoms with E-state index in [4.69, 9.17) is 0 Å². The molecule has 0 saturated carbocycles. The van der Waals surface area contributed by atoms with Crippen molar-refractivity contribution in [2.45, 2.75) is 39.5 Å². The molecule has 4 aromatic rings. The van der Waals surface area contributed by atoms with Gasteiger partial charge in [0.05, 0.1) is 0 Å². The predicted molar refractivity (Wildman–Crippen MR) is 178 cm³/mol. The minimum Gasteiger partial charge on any atom is -0.385 e. The van der Waals surface area contributed by atoms with E-state index in [1.54, 1.807) is 0 Å². The molecule has 206 valence electrons. The lowest BCUT2D eigenvalue weighted by Crippen LogP contribution is -2.00. The lowest BCUT2D eigenvalue weighted by Gasteiger charge is -2.04. The minimum atomic E-state index is 0.859. The fraction of sp³-hybridized carbons (Fsp3) is 0.200. The van der Waals surface area contributed by atoms with Gasteiger partial charge in [-0.3, -0.25) is 0 Å². The summed E-state index contributed by atoms with van der Waals surface area (Å²) >= 11 is 0. The highest BCUT2D eigenvalue weighted by molar-refractivity contribution is 5.58. The van der Waals surface area contributed by atoms with Crippen LogP contribution in [0.15, 0.2) is 97.1 Å². The van der Waals surface area contributed by atoms with Crippen molar-refractivity contribution in [1.82, 2.24) is 0 Å². The van der Waals surface area contributed by atoms with Crippen molar-refractivity contribution in [2.75, 3.05) is 23.7 Å². The lowest BCUT2D eigenvalue weighted by molar-refractivity contribution is 0.834. The van der Waals surface area contributed by atoms with E-state index in [-0.39, 0.29) is 0 Å². The molecule has 2 nitrogen and oxygen atoms in total. The Morgan fingerprint density at radius 3 is 1.14 bits per heavy atom. The molecule has 0 spiro atoms. The first-order chi connectivity index (χ1) is 20.7. The monoisotopic (exact) mass is 544 g/mol. The molecular weight excluding hydrogens is 508 g/mol. The molecule has 0 amide bonds. The smallest absolute Gasteiger partial charge is 0.0412 e. The van der Waals surface area contributed by atoms with Crippen molar-refractivity contribution in [3.63, 3.8) is 0 Å². The zero-order chi connectivity index (χ0) is 29.2. The Labute approximate surface area is 252 Å². The highest BCUT2D eigenvalue weighted by Crippen LogP contribution is 2.12. The minimum absolute atomic E-state index is 0.859. The van der Waals surface area contributed by atoms with Gasteiger partial charge >= 0.3 is 0 Å². The van der Waals surface area contributed by atoms with Gasteiger partial charge in [0.1, 0.15) is 0 Å². The molecule has 42 heavy (non-hydrogen) atoms. The molecular formula is C40H36N2. The van der Waals surface area contributed by atoms with Crippen LogP contribution in [-0.4, -0.2) is 13.1 Å². The number of hydrogen-bond acceptors (Lipinski definition) is 2. The maximum absolute atomic E-state index is 3.43. The Bertz CT molecular complexity index is 1570. The van der Waals surface area contributed by atoms with Crippen LogP contribution in [-0.2, 0) is 0 Å². The largest absolute Gasteiger partial charge is 0.385 e. The summed E-state index contributed by atoms with van der Waals surface area (Å²) in [5, 5.41) is 6.87. The summed E-state index contributed by atoms with van der Waals surface area (Å²) in [5.74, 6) is 25.4. The zero-order valence-corrected chi connectivity index (χ0v) is 24.5. The SMILES string of the molecule is CCCCNc1ccc(C#Cc2ccccc2C#CC#Cc2ccccc2C#Cc2ccc(NCCCC)cc2)cc1. The van der Waals surface area contributed by atoms with E-state index in [1.165, 1.54) is 12.8 Å². The normalized spacial score (nSPS) is 9.48. The standard InChI is InChI=1S/C40H36N2/c1-3-5-31-41-39-27-21-33(22-28-39)19-25-37-17-11-9-15-35(37)13-7-8-14-36-16-10-12-18-38(36)26-20-34-23-29-40(30-24-34)42-32-6-4-2/h9-12,15-18,21-24,27-30,41-42H,3-6,31-32H2,1-2H3. The van der Waals surface area contributed by atoms with Crippen LogP contribution in [0.2, 0.25) is 0 Å². The first kappa shape index (κ1) is 29.7. The number of benzene rings is 4.